The molecule has 1 aliphatic rings. The van der Waals surface area contributed by atoms with Crippen LogP contribution in [0.5, 0.6) is 0 Å². The molecule has 3 heteroatoms. The van der Waals surface area contributed by atoms with Crippen LogP contribution >= 0.6 is 0 Å². The number of likely N-dealkylation sites (N-methyl/N-ethyl adjacent to an activating group) is 2. The van der Waals surface area contributed by atoms with Crippen molar-refractivity contribution in [1.29, 1.82) is 0 Å². The molecule has 0 saturated heterocycles. The molecule has 82 valence electrons. The van der Waals surface area contributed by atoms with Crippen molar-refractivity contribution in [3.8, 4) is 0 Å². The van der Waals surface area contributed by atoms with Gasteiger partial charge in [-0.3, -0.25) is 4.79 Å². The minimum Gasteiger partial charge on any atom is -0.339 e. The van der Waals surface area contributed by atoms with Gasteiger partial charge in [0.15, 0.2) is 0 Å². The number of nitrogens with one attached hydrogen (secondary N) is 1. The van der Waals surface area contributed by atoms with E-state index in [1.807, 2.05) is 11.9 Å². The van der Waals surface area contributed by atoms with Gasteiger partial charge in [-0.1, -0.05) is 12.8 Å². The van der Waals surface area contributed by atoms with Gasteiger partial charge in [0.05, 0.1) is 0 Å². The molecule has 0 radical (unpaired) electrons. The van der Waals surface area contributed by atoms with Gasteiger partial charge in [0, 0.05) is 25.6 Å². The van der Waals surface area contributed by atoms with Crippen molar-refractivity contribution in [2.45, 2.75) is 51.6 Å². The molecule has 1 amide bonds. The molecule has 14 heavy (non-hydrogen) atoms. The van der Waals surface area contributed by atoms with Gasteiger partial charge in [0.25, 0.3) is 0 Å². The normalized spacial score (nSPS) is 27.4. The highest BCUT2D eigenvalue weighted by molar-refractivity contribution is 5.73. The first-order valence-electron chi connectivity index (χ1n) is 5.65. The van der Waals surface area contributed by atoms with E-state index in [9.17, 15) is 4.79 Å². The minimum absolute atomic E-state index is 0.208. The molecule has 0 bridgehead atoms. The number of amides is 1. The predicted molar refractivity (Wildman–Crippen MR) is 58.2 cm³/mol. The van der Waals surface area contributed by atoms with Gasteiger partial charge in [-0.25, -0.2) is 0 Å². The molecule has 1 fully saturated rings. The number of rotatable bonds is 3. The lowest BCUT2D eigenvalue weighted by atomic mass is 9.89. The molecular weight excluding hydrogens is 176 g/mol. The maximum absolute atomic E-state index is 11.4. The summed E-state index contributed by atoms with van der Waals surface area (Å²) >= 11 is 0. The zero-order chi connectivity index (χ0) is 10.6. The molecule has 1 rings (SSSR count). The van der Waals surface area contributed by atoms with Crippen molar-refractivity contribution in [2.24, 2.45) is 0 Å². The largest absolute Gasteiger partial charge is 0.339 e. The zero-order valence-electron chi connectivity index (χ0n) is 9.55. The minimum atomic E-state index is 0.208. The molecule has 0 aliphatic heterocycles. The second-order valence-electron chi connectivity index (χ2n) is 4.05. The van der Waals surface area contributed by atoms with Crippen molar-refractivity contribution >= 4 is 5.91 Å². The van der Waals surface area contributed by atoms with E-state index in [0.717, 1.165) is 13.0 Å². The highest BCUT2D eigenvalue weighted by atomic mass is 16.2. The first kappa shape index (κ1) is 11.5. The quantitative estimate of drug-likeness (QED) is 0.743. The van der Waals surface area contributed by atoms with E-state index >= 15 is 0 Å². The highest BCUT2D eigenvalue weighted by Gasteiger charge is 2.29. The first-order chi connectivity index (χ1) is 6.70. The molecule has 2 atom stereocenters. The third kappa shape index (κ3) is 2.47. The van der Waals surface area contributed by atoms with Crippen molar-refractivity contribution in [2.75, 3.05) is 13.6 Å². The fraction of sp³-hybridized carbons (Fsp3) is 0.909. The smallest absolute Gasteiger partial charge is 0.219 e. The van der Waals surface area contributed by atoms with E-state index in [-0.39, 0.29) is 5.91 Å². The summed E-state index contributed by atoms with van der Waals surface area (Å²) < 4.78 is 0. The standard InChI is InChI=1S/C11H22N2O/c1-4-13(9(2)14)11-8-6-5-7-10(11)12-3/h10-12H,4-8H2,1-3H3/t10-,11+/m1/s1. The average Bonchev–Trinajstić information content (AvgIpc) is 2.19. The predicted octanol–water partition coefficient (Wildman–Crippen LogP) is 1.39. The summed E-state index contributed by atoms with van der Waals surface area (Å²) in [5.74, 6) is 0.208. The van der Waals surface area contributed by atoms with Crippen molar-refractivity contribution in [3.63, 3.8) is 0 Å². The van der Waals surface area contributed by atoms with Crippen LogP contribution in [0.25, 0.3) is 0 Å². The van der Waals surface area contributed by atoms with Crippen LogP contribution < -0.4 is 5.32 Å². The van der Waals surface area contributed by atoms with Gasteiger partial charge < -0.3 is 10.2 Å². The van der Waals surface area contributed by atoms with Crippen LogP contribution in [-0.4, -0.2) is 36.5 Å². The molecule has 0 unspecified atom stereocenters. The van der Waals surface area contributed by atoms with Gasteiger partial charge >= 0.3 is 0 Å². The van der Waals surface area contributed by atoms with Crippen molar-refractivity contribution in [1.82, 2.24) is 10.2 Å². The zero-order valence-corrected chi connectivity index (χ0v) is 9.55. The maximum Gasteiger partial charge on any atom is 0.219 e. The summed E-state index contributed by atoms with van der Waals surface area (Å²) in [6.45, 7) is 4.56. The Morgan fingerprint density at radius 1 is 1.43 bits per heavy atom. The lowest BCUT2D eigenvalue weighted by Crippen LogP contribution is -2.52. The van der Waals surface area contributed by atoms with Crippen LogP contribution in [0.3, 0.4) is 0 Å². The van der Waals surface area contributed by atoms with Crippen LogP contribution in [0, 0.1) is 0 Å². The van der Waals surface area contributed by atoms with E-state index in [1.54, 1.807) is 6.92 Å². The van der Waals surface area contributed by atoms with Gasteiger partial charge in [-0.2, -0.15) is 0 Å². The summed E-state index contributed by atoms with van der Waals surface area (Å²) in [4.78, 5) is 13.4. The van der Waals surface area contributed by atoms with Crippen LogP contribution in [-0.2, 0) is 4.79 Å². The molecule has 0 aromatic carbocycles. The molecule has 0 aromatic heterocycles. The van der Waals surface area contributed by atoms with Gasteiger partial charge in [-0.05, 0) is 26.8 Å². The van der Waals surface area contributed by atoms with Crippen molar-refractivity contribution in [3.05, 3.63) is 0 Å². The molecule has 1 aliphatic carbocycles. The van der Waals surface area contributed by atoms with Crippen molar-refractivity contribution < 1.29 is 4.79 Å². The number of carbonyl (C=O) groups is 1. The van der Waals surface area contributed by atoms with E-state index < -0.39 is 0 Å². The third-order valence-corrected chi connectivity index (χ3v) is 3.25. The Morgan fingerprint density at radius 3 is 2.57 bits per heavy atom. The average molecular weight is 198 g/mol. The third-order valence-electron chi connectivity index (χ3n) is 3.25. The second kappa shape index (κ2) is 5.35. The number of hydrogen-bond acceptors (Lipinski definition) is 2. The topological polar surface area (TPSA) is 32.3 Å². The first-order valence-corrected chi connectivity index (χ1v) is 5.65. The van der Waals surface area contributed by atoms with E-state index in [2.05, 4.69) is 12.2 Å². The molecule has 3 nitrogen and oxygen atoms in total. The van der Waals surface area contributed by atoms with Crippen LogP contribution in [0.2, 0.25) is 0 Å². The van der Waals surface area contributed by atoms with E-state index in [4.69, 9.17) is 0 Å². The fourth-order valence-corrected chi connectivity index (χ4v) is 2.51. The summed E-state index contributed by atoms with van der Waals surface area (Å²) in [6, 6.07) is 0.906. The Balaban J connectivity index is 2.65. The summed E-state index contributed by atoms with van der Waals surface area (Å²) in [5, 5.41) is 3.33. The summed E-state index contributed by atoms with van der Waals surface area (Å²) in [5.41, 5.74) is 0. The Bertz CT molecular complexity index is 194. The van der Waals surface area contributed by atoms with Crippen LogP contribution in [0.1, 0.15) is 39.5 Å². The molecule has 0 aromatic rings. The van der Waals surface area contributed by atoms with Crippen LogP contribution in [0.4, 0.5) is 0 Å². The Kier molecular flexibility index (Phi) is 4.39. The van der Waals surface area contributed by atoms with E-state index in [0.29, 0.717) is 12.1 Å². The van der Waals surface area contributed by atoms with Gasteiger partial charge in [-0.15, -0.1) is 0 Å². The van der Waals surface area contributed by atoms with Crippen LogP contribution in [0.15, 0.2) is 0 Å². The molecule has 0 spiro atoms. The number of nitrogens with zero attached hydrogens (tertiary/aromatic N) is 1. The SMILES string of the molecule is CCN(C(C)=O)[C@H]1CCCC[C@H]1NC. The Morgan fingerprint density at radius 2 is 2.07 bits per heavy atom. The highest BCUT2D eigenvalue weighted by Crippen LogP contribution is 2.23. The Hall–Kier alpha value is -0.570. The fourth-order valence-electron chi connectivity index (χ4n) is 2.51. The molecule has 1 saturated carbocycles. The lowest BCUT2D eigenvalue weighted by Gasteiger charge is -2.39. The molecule has 0 heterocycles. The van der Waals surface area contributed by atoms with Gasteiger partial charge in [0.1, 0.15) is 0 Å². The van der Waals surface area contributed by atoms with Gasteiger partial charge in [0.2, 0.25) is 5.91 Å². The summed E-state index contributed by atoms with van der Waals surface area (Å²) in [7, 11) is 2.00. The Labute approximate surface area is 86.9 Å². The lowest BCUT2D eigenvalue weighted by molar-refractivity contribution is -0.132. The maximum atomic E-state index is 11.4. The monoisotopic (exact) mass is 198 g/mol. The molecular formula is C11H22N2O. The number of carbonyl (C=O) groups excluding carboxylic acids is 1. The second-order valence-corrected chi connectivity index (χ2v) is 4.05. The molecule has 1 N–H and O–H groups in total. The summed E-state index contributed by atoms with van der Waals surface area (Å²) in [6.07, 6.45) is 4.90. The number of hydrogen-bond donors (Lipinski definition) is 1. The van der Waals surface area contributed by atoms with E-state index in [1.165, 1.54) is 19.3 Å².